The lowest BCUT2D eigenvalue weighted by atomic mass is 10.1. The number of hydrogen-bond donors (Lipinski definition) is 1. The van der Waals surface area contributed by atoms with E-state index in [4.69, 9.17) is 25.8 Å². The van der Waals surface area contributed by atoms with Gasteiger partial charge in [0.2, 0.25) is 0 Å². The van der Waals surface area contributed by atoms with E-state index >= 15 is 0 Å². The van der Waals surface area contributed by atoms with Gasteiger partial charge in [-0.15, -0.1) is 0 Å². The Balaban J connectivity index is 1.37. The zero-order valence-corrected chi connectivity index (χ0v) is 23.9. The number of hydrogen-bond acceptors (Lipinski definition) is 7. The topological polar surface area (TPSA) is 94.2 Å². The standard InChI is InChI=1S/C30H29ClN2O6S/c1-4-37-26-16-21(6-12-25(26)39-18-28(34)32-24-11-5-19(2)15-20(24)3)17-27-29(35)33(30(36)40-27)13-14-38-23-9-7-22(31)8-10-23/h5-12,15-17H,4,13-14,18H2,1-3H3,(H,32,34)/b27-17-. The van der Waals surface area contributed by atoms with Crippen LogP contribution >= 0.6 is 23.4 Å². The summed E-state index contributed by atoms with van der Waals surface area (Å²) >= 11 is 6.74. The van der Waals surface area contributed by atoms with Crippen LogP contribution in [0.15, 0.2) is 65.6 Å². The minimum Gasteiger partial charge on any atom is -0.492 e. The highest BCUT2D eigenvalue weighted by Crippen LogP contribution is 2.34. The SMILES string of the molecule is CCOc1cc(/C=C2\SC(=O)N(CCOc3ccc(Cl)cc3)C2=O)ccc1OCC(=O)Nc1ccc(C)cc1C. The Hall–Kier alpha value is -3.95. The molecule has 10 heteroatoms. The van der Waals surface area contributed by atoms with Crippen molar-refractivity contribution < 1.29 is 28.6 Å². The first-order valence-electron chi connectivity index (χ1n) is 12.6. The van der Waals surface area contributed by atoms with Gasteiger partial charge < -0.3 is 19.5 Å². The quantitative estimate of drug-likeness (QED) is 0.259. The number of thioether (sulfide) groups is 1. The molecular formula is C30H29ClN2O6S. The molecule has 208 valence electrons. The van der Waals surface area contributed by atoms with Crippen LogP contribution in [0.2, 0.25) is 5.02 Å². The summed E-state index contributed by atoms with van der Waals surface area (Å²) in [6.07, 6.45) is 1.63. The third kappa shape index (κ3) is 7.58. The average Bonchev–Trinajstić information content (AvgIpc) is 3.18. The normalized spacial score (nSPS) is 14.0. The number of carbonyl (C=O) groups excluding carboxylic acids is 3. The predicted molar refractivity (Wildman–Crippen MR) is 157 cm³/mol. The van der Waals surface area contributed by atoms with Crippen molar-refractivity contribution in [2.45, 2.75) is 20.8 Å². The summed E-state index contributed by atoms with van der Waals surface area (Å²) in [5.74, 6) is 0.720. The minimum absolute atomic E-state index is 0.117. The van der Waals surface area contributed by atoms with Gasteiger partial charge in [-0.25, -0.2) is 0 Å². The number of ether oxygens (including phenoxy) is 3. The van der Waals surface area contributed by atoms with E-state index in [1.165, 1.54) is 0 Å². The third-order valence-corrected chi connectivity index (χ3v) is 7.01. The van der Waals surface area contributed by atoms with Crippen LogP contribution in [-0.2, 0) is 9.59 Å². The third-order valence-electron chi connectivity index (χ3n) is 5.85. The molecule has 1 aliphatic heterocycles. The van der Waals surface area contributed by atoms with Crippen LogP contribution in [0.25, 0.3) is 6.08 Å². The van der Waals surface area contributed by atoms with Crippen molar-refractivity contribution in [2.75, 3.05) is 31.7 Å². The monoisotopic (exact) mass is 580 g/mol. The van der Waals surface area contributed by atoms with Crippen molar-refractivity contribution in [3.8, 4) is 17.2 Å². The van der Waals surface area contributed by atoms with Crippen molar-refractivity contribution in [3.63, 3.8) is 0 Å². The van der Waals surface area contributed by atoms with Crippen LogP contribution in [0.1, 0.15) is 23.6 Å². The number of anilines is 1. The maximum absolute atomic E-state index is 12.9. The molecule has 40 heavy (non-hydrogen) atoms. The van der Waals surface area contributed by atoms with Crippen LogP contribution in [0, 0.1) is 13.8 Å². The maximum atomic E-state index is 12.9. The summed E-state index contributed by atoms with van der Waals surface area (Å²) in [6, 6.07) is 17.7. The number of amides is 3. The number of benzene rings is 3. The summed E-state index contributed by atoms with van der Waals surface area (Å²) in [4.78, 5) is 39.3. The van der Waals surface area contributed by atoms with Crippen molar-refractivity contribution in [3.05, 3.63) is 87.3 Å². The summed E-state index contributed by atoms with van der Waals surface area (Å²) in [5, 5.41) is 3.08. The van der Waals surface area contributed by atoms with Gasteiger partial charge in [-0.2, -0.15) is 0 Å². The van der Waals surface area contributed by atoms with E-state index < -0.39 is 5.91 Å². The fourth-order valence-corrected chi connectivity index (χ4v) is 4.91. The Morgan fingerprint density at radius 1 is 0.975 bits per heavy atom. The van der Waals surface area contributed by atoms with Crippen LogP contribution < -0.4 is 19.5 Å². The van der Waals surface area contributed by atoms with Gasteiger partial charge in [-0.1, -0.05) is 35.4 Å². The lowest BCUT2D eigenvalue weighted by molar-refractivity contribution is -0.123. The Kier molecular flexibility index (Phi) is 9.74. The van der Waals surface area contributed by atoms with Gasteiger partial charge in [0.25, 0.3) is 17.1 Å². The zero-order valence-electron chi connectivity index (χ0n) is 22.4. The number of aryl methyl sites for hydroxylation is 2. The molecule has 0 atom stereocenters. The van der Waals surface area contributed by atoms with Gasteiger partial charge >= 0.3 is 0 Å². The first-order chi connectivity index (χ1) is 19.2. The number of halogens is 1. The number of carbonyl (C=O) groups is 3. The Bertz CT molecular complexity index is 1440. The average molecular weight is 581 g/mol. The van der Waals surface area contributed by atoms with E-state index in [0.29, 0.717) is 39.3 Å². The van der Waals surface area contributed by atoms with E-state index in [1.54, 1.807) is 48.5 Å². The fourth-order valence-electron chi connectivity index (χ4n) is 3.92. The van der Waals surface area contributed by atoms with Gasteiger partial charge in [0.15, 0.2) is 18.1 Å². The van der Waals surface area contributed by atoms with E-state index in [9.17, 15) is 14.4 Å². The number of rotatable bonds is 11. The highest BCUT2D eigenvalue weighted by atomic mass is 35.5. The molecule has 0 aliphatic carbocycles. The first-order valence-corrected chi connectivity index (χ1v) is 13.8. The van der Waals surface area contributed by atoms with Crippen LogP contribution in [0.4, 0.5) is 10.5 Å². The second kappa shape index (κ2) is 13.4. The van der Waals surface area contributed by atoms with Gasteiger partial charge in [0.05, 0.1) is 18.1 Å². The lowest BCUT2D eigenvalue weighted by Gasteiger charge is -2.14. The van der Waals surface area contributed by atoms with Gasteiger partial charge in [0.1, 0.15) is 12.4 Å². The number of imide groups is 1. The zero-order chi connectivity index (χ0) is 28.6. The van der Waals surface area contributed by atoms with Crippen molar-refractivity contribution >= 4 is 52.2 Å². The molecule has 0 unspecified atom stereocenters. The fraction of sp³-hybridized carbons (Fsp3) is 0.233. The first kappa shape index (κ1) is 29.0. The Labute approximate surface area is 242 Å². The molecular weight excluding hydrogens is 552 g/mol. The summed E-state index contributed by atoms with van der Waals surface area (Å²) in [7, 11) is 0. The van der Waals surface area contributed by atoms with Crippen molar-refractivity contribution in [2.24, 2.45) is 0 Å². The Morgan fingerprint density at radius 3 is 2.48 bits per heavy atom. The molecule has 1 saturated heterocycles. The van der Waals surface area contributed by atoms with Crippen LogP contribution in [-0.4, -0.2) is 48.3 Å². The van der Waals surface area contributed by atoms with Crippen molar-refractivity contribution in [1.29, 1.82) is 0 Å². The van der Waals surface area contributed by atoms with Crippen LogP contribution in [0.3, 0.4) is 0 Å². The summed E-state index contributed by atoms with van der Waals surface area (Å²) in [5.41, 5.74) is 3.45. The summed E-state index contributed by atoms with van der Waals surface area (Å²) in [6.45, 7) is 6.20. The Morgan fingerprint density at radius 2 is 1.75 bits per heavy atom. The van der Waals surface area contributed by atoms with Crippen molar-refractivity contribution in [1.82, 2.24) is 4.90 Å². The van der Waals surface area contributed by atoms with Gasteiger partial charge in [-0.05, 0) is 92.2 Å². The molecule has 3 aromatic rings. The predicted octanol–water partition coefficient (Wildman–Crippen LogP) is 6.49. The molecule has 0 bridgehead atoms. The van der Waals surface area contributed by atoms with Crippen LogP contribution in [0.5, 0.6) is 17.2 Å². The van der Waals surface area contributed by atoms with E-state index in [2.05, 4.69) is 5.32 Å². The molecule has 0 aromatic heterocycles. The van der Waals surface area contributed by atoms with Gasteiger partial charge in [-0.3, -0.25) is 19.3 Å². The van der Waals surface area contributed by atoms with E-state index in [-0.39, 0.29) is 30.9 Å². The molecule has 4 rings (SSSR count). The lowest BCUT2D eigenvalue weighted by Crippen LogP contribution is -2.32. The largest absolute Gasteiger partial charge is 0.492 e. The highest BCUT2D eigenvalue weighted by molar-refractivity contribution is 8.18. The summed E-state index contributed by atoms with van der Waals surface area (Å²) < 4.78 is 17.1. The van der Waals surface area contributed by atoms with E-state index in [0.717, 1.165) is 33.5 Å². The minimum atomic E-state index is -0.393. The molecule has 1 aliphatic rings. The molecule has 1 fully saturated rings. The van der Waals surface area contributed by atoms with Gasteiger partial charge in [0, 0.05) is 10.7 Å². The highest BCUT2D eigenvalue weighted by Gasteiger charge is 2.34. The molecule has 8 nitrogen and oxygen atoms in total. The number of nitrogens with zero attached hydrogens (tertiary/aromatic N) is 1. The molecule has 1 N–H and O–H groups in total. The maximum Gasteiger partial charge on any atom is 0.293 e. The molecule has 0 spiro atoms. The molecule has 1 heterocycles. The molecule has 3 amide bonds. The molecule has 0 radical (unpaired) electrons. The smallest absolute Gasteiger partial charge is 0.293 e. The second-order valence-corrected chi connectivity index (χ2v) is 10.4. The van der Waals surface area contributed by atoms with E-state index in [1.807, 2.05) is 39.0 Å². The molecule has 0 saturated carbocycles. The number of nitrogens with one attached hydrogen (secondary N) is 1. The molecule has 3 aromatic carbocycles. The second-order valence-electron chi connectivity index (χ2n) is 8.93.